The van der Waals surface area contributed by atoms with Crippen LogP contribution in [0.4, 0.5) is 19.0 Å². The van der Waals surface area contributed by atoms with E-state index in [0.29, 0.717) is 18.4 Å². The van der Waals surface area contributed by atoms with Crippen molar-refractivity contribution >= 4 is 15.8 Å². The molecule has 2 rings (SSSR count). The van der Waals surface area contributed by atoms with Crippen molar-refractivity contribution in [1.82, 2.24) is 4.98 Å². The zero-order chi connectivity index (χ0) is 18.0. The van der Waals surface area contributed by atoms with Gasteiger partial charge in [-0.1, -0.05) is 12.1 Å². The Bertz CT molecular complexity index is 836. The lowest BCUT2D eigenvalue weighted by atomic mass is 10.2. The van der Waals surface area contributed by atoms with Gasteiger partial charge >= 0.3 is 6.18 Å². The van der Waals surface area contributed by atoms with Crippen molar-refractivity contribution in [2.24, 2.45) is 0 Å². The molecule has 0 fully saturated rings. The second-order valence-corrected chi connectivity index (χ2v) is 6.69. The average molecular weight is 360 g/mol. The number of hydrogen-bond acceptors (Lipinski definition) is 4. The molecule has 1 aromatic carbocycles. The van der Waals surface area contributed by atoms with Crippen molar-refractivity contribution in [1.29, 1.82) is 0 Å². The first kappa shape index (κ1) is 18.2. The molecule has 130 valence electrons. The second-order valence-electron chi connectivity index (χ2n) is 5.01. The Morgan fingerprint density at radius 1 is 1.21 bits per heavy atom. The maximum absolute atomic E-state index is 12.7. The van der Waals surface area contributed by atoms with Crippen molar-refractivity contribution in [3.63, 3.8) is 0 Å². The first-order chi connectivity index (χ1) is 11.1. The van der Waals surface area contributed by atoms with Gasteiger partial charge in [0.15, 0.2) is 0 Å². The summed E-state index contributed by atoms with van der Waals surface area (Å²) in [5.74, 6) is 0.0183. The van der Waals surface area contributed by atoms with Crippen LogP contribution in [-0.4, -0.2) is 20.5 Å². The summed E-state index contributed by atoms with van der Waals surface area (Å²) >= 11 is 0. The van der Waals surface area contributed by atoms with Gasteiger partial charge in [-0.2, -0.15) is 13.2 Å². The maximum Gasteiger partial charge on any atom is 0.416 e. The molecule has 0 aliphatic rings. The molecule has 2 aromatic rings. The fourth-order valence-electron chi connectivity index (χ4n) is 1.99. The van der Waals surface area contributed by atoms with Gasteiger partial charge in [-0.3, -0.25) is 4.72 Å². The van der Waals surface area contributed by atoms with Crippen molar-refractivity contribution in [3.8, 4) is 0 Å². The van der Waals surface area contributed by atoms with Gasteiger partial charge in [-0.25, -0.2) is 13.4 Å². The van der Waals surface area contributed by atoms with E-state index in [0.717, 1.165) is 23.8 Å². The molecule has 0 aliphatic carbocycles. The monoisotopic (exact) mass is 360 g/mol. The Hall–Kier alpha value is -2.13. The molecule has 0 atom stereocenters. The number of pyridine rings is 1. The molecule has 0 amide bonds. The maximum atomic E-state index is 12.7. The fraction of sp³-hybridized carbons (Fsp3) is 0.267. The minimum atomic E-state index is -4.62. The number of anilines is 1. The van der Waals surface area contributed by atoms with E-state index < -0.39 is 26.7 Å². The number of ether oxygens (including phenoxy) is 1. The quantitative estimate of drug-likeness (QED) is 0.888. The standard InChI is InChI=1S/C15H15F3N2O3S/c1-10-11(9-23-2)6-7-14(19-10)20-24(21,22)13-5-3-4-12(8-13)15(16,17)18/h3-8H,9H2,1-2H3,(H,19,20). The summed E-state index contributed by atoms with van der Waals surface area (Å²) in [4.78, 5) is 3.59. The number of aromatic nitrogens is 1. The summed E-state index contributed by atoms with van der Waals surface area (Å²) < 4.78 is 69.8. The van der Waals surface area contributed by atoms with E-state index in [2.05, 4.69) is 9.71 Å². The van der Waals surface area contributed by atoms with Gasteiger partial charge < -0.3 is 4.74 Å². The Balaban J connectivity index is 2.30. The highest BCUT2D eigenvalue weighted by molar-refractivity contribution is 7.92. The zero-order valence-corrected chi connectivity index (χ0v) is 13.7. The van der Waals surface area contributed by atoms with Crippen LogP contribution < -0.4 is 4.72 Å². The van der Waals surface area contributed by atoms with E-state index in [4.69, 9.17) is 4.74 Å². The zero-order valence-electron chi connectivity index (χ0n) is 12.9. The molecule has 0 spiro atoms. The van der Waals surface area contributed by atoms with Crippen LogP contribution in [0, 0.1) is 6.92 Å². The van der Waals surface area contributed by atoms with Gasteiger partial charge in [-0.15, -0.1) is 0 Å². The van der Waals surface area contributed by atoms with Crippen LogP contribution in [0.2, 0.25) is 0 Å². The third kappa shape index (κ3) is 4.24. The number of aryl methyl sites for hydroxylation is 1. The molecule has 0 bridgehead atoms. The molecule has 1 heterocycles. The molecule has 0 unspecified atom stereocenters. The summed E-state index contributed by atoms with van der Waals surface area (Å²) in [5.41, 5.74) is 0.297. The number of nitrogens with zero attached hydrogens (tertiary/aromatic N) is 1. The van der Waals surface area contributed by atoms with Crippen LogP contribution in [0.5, 0.6) is 0 Å². The molecule has 0 aliphatic heterocycles. The number of benzene rings is 1. The van der Waals surface area contributed by atoms with Crippen LogP contribution in [0.15, 0.2) is 41.3 Å². The predicted octanol–water partition coefficient (Wildman–Crippen LogP) is 3.36. The lowest BCUT2D eigenvalue weighted by Gasteiger charge is -2.12. The van der Waals surface area contributed by atoms with Gasteiger partial charge in [0.1, 0.15) is 5.82 Å². The molecule has 1 aromatic heterocycles. The number of halogens is 3. The predicted molar refractivity (Wildman–Crippen MR) is 81.9 cm³/mol. The van der Waals surface area contributed by atoms with Crippen LogP contribution in [0.3, 0.4) is 0 Å². The summed E-state index contributed by atoms with van der Waals surface area (Å²) in [6.45, 7) is 2.00. The SMILES string of the molecule is COCc1ccc(NS(=O)(=O)c2cccc(C(F)(F)F)c2)nc1C. The minimum Gasteiger partial charge on any atom is -0.380 e. The van der Waals surface area contributed by atoms with Crippen LogP contribution in [0.1, 0.15) is 16.8 Å². The number of rotatable bonds is 5. The van der Waals surface area contributed by atoms with Gasteiger partial charge in [0.05, 0.1) is 17.1 Å². The van der Waals surface area contributed by atoms with Crippen molar-refractivity contribution in [3.05, 3.63) is 53.2 Å². The fourth-order valence-corrected chi connectivity index (χ4v) is 3.04. The number of alkyl halides is 3. The van der Waals surface area contributed by atoms with E-state index in [1.54, 1.807) is 13.0 Å². The number of hydrogen-bond donors (Lipinski definition) is 1. The summed E-state index contributed by atoms with van der Waals surface area (Å²) in [7, 11) is -2.66. The van der Waals surface area contributed by atoms with E-state index in [1.807, 2.05) is 0 Å². The van der Waals surface area contributed by atoms with E-state index in [1.165, 1.54) is 13.2 Å². The topological polar surface area (TPSA) is 68.3 Å². The highest BCUT2D eigenvalue weighted by atomic mass is 32.2. The minimum absolute atomic E-state index is 0.0183. The van der Waals surface area contributed by atoms with Crippen molar-refractivity contribution < 1.29 is 26.3 Å². The molecular formula is C15H15F3N2O3S. The average Bonchev–Trinajstić information content (AvgIpc) is 2.49. The number of nitrogens with one attached hydrogen (secondary N) is 1. The Kier molecular flexibility index (Phi) is 5.14. The molecular weight excluding hydrogens is 345 g/mol. The van der Waals surface area contributed by atoms with Crippen LogP contribution >= 0.6 is 0 Å². The molecule has 9 heteroatoms. The summed E-state index contributed by atoms with van der Waals surface area (Å²) in [5, 5.41) is 0. The molecule has 24 heavy (non-hydrogen) atoms. The highest BCUT2D eigenvalue weighted by Crippen LogP contribution is 2.30. The molecule has 0 radical (unpaired) electrons. The van der Waals surface area contributed by atoms with Crippen LogP contribution in [-0.2, 0) is 27.5 Å². The molecule has 0 saturated carbocycles. The van der Waals surface area contributed by atoms with Gasteiger partial charge in [0.25, 0.3) is 10.0 Å². The third-order valence-electron chi connectivity index (χ3n) is 3.21. The smallest absolute Gasteiger partial charge is 0.380 e. The van der Waals surface area contributed by atoms with Crippen molar-refractivity contribution in [2.75, 3.05) is 11.8 Å². The van der Waals surface area contributed by atoms with E-state index in [-0.39, 0.29) is 5.82 Å². The van der Waals surface area contributed by atoms with Crippen LogP contribution in [0.25, 0.3) is 0 Å². The lowest BCUT2D eigenvalue weighted by Crippen LogP contribution is -2.16. The normalized spacial score (nSPS) is 12.2. The Morgan fingerprint density at radius 3 is 2.50 bits per heavy atom. The summed E-state index contributed by atoms with van der Waals surface area (Å²) in [6.07, 6.45) is -4.62. The van der Waals surface area contributed by atoms with E-state index >= 15 is 0 Å². The number of sulfonamides is 1. The molecule has 0 saturated heterocycles. The third-order valence-corrected chi connectivity index (χ3v) is 4.56. The largest absolute Gasteiger partial charge is 0.416 e. The first-order valence-electron chi connectivity index (χ1n) is 6.79. The Labute approximate surface area is 137 Å². The molecule has 1 N–H and O–H groups in total. The Morgan fingerprint density at radius 2 is 1.92 bits per heavy atom. The van der Waals surface area contributed by atoms with Gasteiger partial charge in [0, 0.05) is 12.8 Å². The lowest BCUT2D eigenvalue weighted by molar-refractivity contribution is -0.137. The number of methoxy groups -OCH3 is 1. The van der Waals surface area contributed by atoms with Gasteiger partial charge in [-0.05, 0) is 36.8 Å². The summed E-state index contributed by atoms with van der Waals surface area (Å²) in [6, 6.07) is 6.57. The first-order valence-corrected chi connectivity index (χ1v) is 8.27. The van der Waals surface area contributed by atoms with Crippen molar-refractivity contribution in [2.45, 2.75) is 24.6 Å². The van der Waals surface area contributed by atoms with Gasteiger partial charge in [0.2, 0.25) is 0 Å². The van der Waals surface area contributed by atoms with E-state index in [9.17, 15) is 21.6 Å². The molecule has 5 nitrogen and oxygen atoms in total. The highest BCUT2D eigenvalue weighted by Gasteiger charge is 2.31. The second kappa shape index (κ2) is 6.78.